The Morgan fingerprint density at radius 1 is 0.605 bits per heavy atom. The van der Waals surface area contributed by atoms with Crippen molar-refractivity contribution in [2.24, 2.45) is 0 Å². The van der Waals surface area contributed by atoms with Gasteiger partial charge in [0.25, 0.3) is 0 Å². The Morgan fingerprint density at radius 3 is 1.56 bits per heavy atom. The fourth-order valence-corrected chi connectivity index (χ4v) is 8.72. The van der Waals surface area contributed by atoms with Gasteiger partial charge in [0.2, 0.25) is 0 Å². The lowest BCUT2D eigenvalue weighted by Gasteiger charge is -2.22. The van der Waals surface area contributed by atoms with E-state index in [0.29, 0.717) is 18.8 Å². The molecule has 0 aliphatic heterocycles. The maximum absolute atomic E-state index is 12.1. The predicted molar refractivity (Wildman–Crippen MR) is 183 cm³/mol. The molecule has 2 N–H and O–H groups in total. The van der Waals surface area contributed by atoms with Crippen LogP contribution in [0, 0.1) is 0 Å². The first-order chi connectivity index (χ1) is 21.1. The van der Waals surface area contributed by atoms with Gasteiger partial charge in [-0.2, -0.15) is 8.42 Å². The van der Waals surface area contributed by atoms with Crippen LogP contribution in [0.3, 0.4) is 0 Å². The molecule has 0 bridgehead atoms. The Balaban J connectivity index is 0.930. The first-order valence-corrected chi connectivity index (χ1v) is 20.1. The smallest absolute Gasteiger partial charge is 0.316 e. The summed E-state index contributed by atoms with van der Waals surface area (Å²) in [5.74, 6) is 2.04. The zero-order valence-corrected chi connectivity index (χ0v) is 28.0. The minimum Gasteiger partial charge on any atom is -0.316 e. The van der Waals surface area contributed by atoms with Crippen molar-refractivity contribution < 1.29 is 12.6 Å². The quantitative estimate of drug-likeness (QED) is 0.114. The third kappa shape index (κ3) is 13.7. The molecular formula is C36H56N2O3S2. The van der Waals surface area contributed by atoms with Crippen LogP contribution >= 0.6 is 10.8 Å². The number of benzene rings is 2. The molecule has 0 unspecified atom stereocenters. The third-order valence-electron chi connectivity index (χ3n) is 9.26. The van der Waals surface area contributed by atoms with Crippen LogP contribution in [0.2, 0.25) is 0 Å². The van der Waals surface area contributed by atoms with Crippen LogP contribution in [0.4, 0.5) is 0 Å². The van der Waals surface area contributed by atoms with E-state index in [0.717, 1.165) is 74.2 Å². The van der Waals surface area contributed by atoms with E-state index in [-0.39, 0.29) is 6.61 Å². The van der Waals surface area contributed by atoms with Crippen LogP contribution in [0.25, 0.3) is 0 Å². The maximum atomic E-state index is 12.1. The standard InChI is InChI=1S/C36H56N2O3S2/c39-43(40,41-29-27-37-25-9-7-11-31-17-21-35(22-18-31)33-13-3-1-4-14-33)42-30-28-38-26-10-8-12-32-19-23-36(24-20-32)34-15-5-2-6-16-34/h17-24,33-34,37-38H,1-16,25-30H2. The van der Waals surface area contributed by atoms with Crippen molar-refractivity contribution in [2.45, 2.75) is 115 Å². The highest BCUT2D eigenvalue weighted by Gasteiger charge is 2.16. The number of aryl methyl sites for hydroxylation is 2. The molecule has 0 amide bonds. The number of rotatable bonds is 20. The van der Waals surface area contributed by atoms with Crippen molar-refractivity contribution >= 4 is 19.9 Å². The van der Waals surface area contributed by atoms with Crippen molar-refractivity contribution in [3.8, 4) is 0 Å². The van der Waals surface area contributed by atoms with Gasteiger partial charge in [0.05, 0.1) is 6.61 Å². The van der Waals surface area contributed by atoms with E-state index < -0.39 is 9.15 Å². The highest BCUT2D eigenvalue weighted by molar-refractivity contribution is 8.70. The maximum Gasteiger partial charge on any atom is 0.322 e. The zero-order valence-electron chi connectivity index (χ0n) is 26.4. The first-order valence-electron chi connectivity index (χ1n) is 17.2. The van der Waals surface area contributed by atoms with Gasteiger partial charge in [-0.1, -0.05) is 87.1 Å². The highest BCUT2D eigenvalue weighted by atomic mass is 33.1. The summed E-state index contributed by atoms with van der Waals surface area (Å²) in [4.78, 5) is 0. The van der Waals surface area contributed by atoms with Crippen LogP contribution in [-0.2, 0) is 26.2 Å². The van der Waals surface area contributed by atoms with Crippen LogP contribution in [0.15, 0.2) is 48.5 Å². The van der Waals surface area contributed by atoms with Gasteiger partial charge in [-0.15, -0.1) is 0 Å². The van der Waals surface area contributed by atoms with E-state index >= 15 is 0 Å². The summed E-state index contributed by atoms with van der Waals surface area (Å²) in [6.07, 6.45) is 20.4. The Hall–Kier alpha value is -1.38. The van der Waals surface area contributed by atoms with Gasteiger partial charge in [-0.3, -0.25) is 4.18 Å². The van der Waals surface area contributed by atoms with E-state index in [2.05, 4.69) is 59.2 Å². The van der Waals surface area contributed by atoms with Gasteiger partial charge in [0, 0.05) is 18.8 Å². The van der Waals surface area contributed by atoms with E-state index in [1.54, 1.807) is 0 Å². The molecule has 0 radical (unpaired) electrons. The van der Waals surface area contributed by atoms with Crippen molar-refractivity contribution in [3.63, 3.8) is 0 Å². The molecule has 2 aromatic rings. The van der Waals surface area contributed by atoms with E-state index in [1.165, 1.54) is 86.5 Å². The lowest BCUT2D eigenvalue weighted by Crippen LogP contribution is -2.23. The molecule has 240 valence electrons. The minimum absolute atomic E-state index is 0.188. The summed E-state index contributed by atoms with van der Waals surface area (Å²) in [6.45, 7) is 3.21. The van der Waals surface area contributed by atoms with Gasteiger partial charge < -0.3 is 10.6 Å². The first kappa shape index (κ1) is 34.5. The third-order valence-corrected chi connectivity index (χ3v) is 12.0. The average molecular weight is 629 g/mol. The molecule has 2 saturated carbocycles. The predicted octanol–water partition coefficient (Wildman–Crippen LogP) is 8.30. The van der Waals surface area contributed by atoms with E-state index in [1.807, 2.05) is 0 Å². The molecule has 0 saturated heterocycles. The number of unbranched alkanes of at least 4 members (excludes halogenated alkanes) is 2. The summed E-state index contributed by atoms with van der Waals surface area (Å²) in [6, 6.07) is 18.6. The summed E-state index contributed by atoms with van der Waals surface area (Å²) in [7, 11) is -2.64. The monoisotopic (exact) mass is 628 g/mol. The largest absolute Gasteiger partial charge is 0.322 e. The Morgan fingerprint density at radius 2 is 1.07 bits per heavy atom. The second kappa shape index (κ2) is 19.9. The molecule has 0 aromatic heterocycles. The topological polar surface area (TPSA) is 67.4 Å². The Bertz CT molecular complexity index is 1030. The van der Waals surface area contributed by atoms with Crippen molar-refractivity contribution in [2.75, 3.05) is 38.5 Å². The fraction of sp³-hybridized carbons (Fsp3) is 0.667. The van der Waals surface area contributed by atoms with Gasteiger partial charge >= 0.3 is 9.15 Å². The normalized spacial score (nSPS) is 16.9. The molecule has 4 rings (SSSR count). The van der Waals surface area contributed by atoms with Gasteiger partial charge in [-0.25, -0.2) is 0 Å². The lowest BCUT2D eigenvalue weighted by atomic mass is 9.84. The van der Waals surface area contributed by atoms with Crippen LogP contribution in [0.5, 0.6) is 0 Å². The van der Waals surface area contributed by atoms with Gasteiger partial charge in [-0.05, 0) is 122 Å². The zero-order chi connectivity index (χ0) is 30.0. The second-order valence-electron chi connectivity index (χ2n) is 12.6. The molecule has 0 spiro atoms. The minimum atomic E-state index is -3.54. The van der Waals surface area contributed by atoms with Crippen molar-refractivity contribution in [3.05, 3.63) is 70.8 Å². The molecule has 2 aromatic carbocycles. The van der Waals surface area contributed by atoms with Crippen LogP contribution in [0.1, 0.15) is 124 Å². The lowest BCUT2D eigenvalue weighted by molar-refractivity contribution is 0.325. The number of nitrogens with one attached hydrogen (secondary N) is 2. The van der Waals surface area contributed by atoms with E-state index in [9.17, 15) is 8.42 Å². The molecule has 7 heteroatoms. The van der Waals surface area contributed by atoms with E-state index in [4.69, 9.17) is 4.18 Å². The SMILES string of the molecule is O=S(=O)(OCCNCCCCc1ccc(C2CCCCC2)cc1)SCCNCCCCc1ccc(C2CCCCC2)cc1. The Labute approximate surface area is 266 Å². The molecule has 5 nitrogen and oxygen atoms in total. The number of hydrogen-bond acceptors (Lipinski definition) is 6. The highest BCUT2D eigenvalue weighted by Crippen LogP contribution is 2.33. The number of hydrogen-bond donors (Lipinski definition) is 2. The molecule has 43 heavy (non-hydrogen) atoms. The molecule has 2 aliphatic rings. The van der Waals surface area contributed by atoms with Crippen molar-refractivity contribution in [1.29, 1.82) is 0 Å². The molecule has 2 fully saturated rings. The van der Waals surface area contributed by atoms with Gasteiger partial charge in [0.15, 0.2) is 0 Å². The van der Waals surface area contributed by atoms with Crippen LogP contribution < -0.4 is 10.6 Å². The Kier molecular flexibility index (Phi) is 16.0. The summed E-state index contributed by atoms with van der Waals surface area (Å²) < 4.78 is 29.5. The summed E-state index contributed by atoms with van der Waals surface area (Å²) in [5, 5.41) is 6.68. The molecule has 0 heterocycles. The molecule has 0 atom stereocenters. The fourth-order valence-electron chi connectivity index (χ4n) is 6.66. The summed E-state index contributed by atoms with van der Waals surface area (Å²) in [5.41, 5.74) is 5.87. The van der Waals surface area contributed by atoms with Gasteiger partial charge in [0.1, 0.15) is 0 Å². The second-order valence-corrected chi connectivity index (χ2v) is 16.2. The summed E-state index contributed by atoms with van der Waals surface area (Å²) >= 11 is 0. The molecular weight excluding hydrogens is 573 g/mol. The molecule has 2 aliphatic carbocycles. The van der Waals surface area contributed by atoms with Crippen LogP contribution in [-0.4, -0.2) is 47.0 Å². The average Bonchev–Trinajstić information content (AvgIpc) is 3.05. The van der Waals surface area contributed by atoms with Crippen molar-refractivity contribution in [1.82, 2.24) is 10.6 Å².